The largest absolute Gasteiger partial charge is 0.481 e. The van der Waals surface area contributed by atoms with Crippen LogP contribution >= 0.6 is 0 Å². The third kappa shape index (κ3) is 1.70. The molecule has 0 fully saturated rings. The Hall–Kier alpha value is -1.84. The predicted octanol–water partition coefficient (Wildman–Crippen LogP) is 2.41. The van der Waals surface area contributed by atoms with Gasteiger partial charge in [-0.2, -0.15) is 0 Å². The molecule has 1 atom stereocenters. The smallest absolute Gasteiger partial charge is 0.310 e. The molecule has 0 saturated heterocycles. The number of benzene rings is 1. The number of fused-ring (bicyclic) bond motifs is 1. The van der Waals surface area contributed by atoms with Crippen LogP contribution in [-0.2, 0) is 4.79 Å². The van der Waals surface area contributed by atoms with Crippen molar-refractivity contribution in [2.45, 2.75) is 19.3 Å². The molecule has 0 saturated carbocycles. The van der Waals surface area contributed by atoms with Crippen molar-refractivity contribution in [2.75, 3.05) is 0 Å². The second kappa shape index (κ2) is 3.73. The lowest BCUT2D eigenvalue weighted by molar-refractivity contribution is -0.138. The topological polar surface area (TPSA) is 63.3 Å². The predicted molar refractivity (Wildman–Crippen MR) is 54.7 cm³/mol. The van der Waals surface area contributed by atoms with E-state index in [4.69, 9.17) is 9.52 Å². The summed E-state index contributed by atoms with van der Waals surface area (Å²) in [5.41, 5.74) is 2.15. The maximum absolute atomic E-state index is 11.0. The standard InChI is InChI=1S/C11H11NO3/c1-2-8(11(13)14)7-3-4-10-9(5-7)12-6-15-10/h3-6,8H,2H2,1H3,(H,13,14). The molecule has 1 aromatic heterocycles. The molecule has 4 heteroatoms. The number of hydrogen-bond donors (Lipinski definition) is 1. The van der Waals surface area contributed by atoms with Crippen molar-refractivity contribution in [2.24, 2.45) is 0 Å². The highest BCUT2D eigenvalue weighted by Crippen LogP contribution is 2.23. The van der Waals surface area contributed by atoms with Crippen LogP contribution in [0.15, 0.2) is 29.0 Å². The van der Waals surface area contributed by atoms with Crippen molar-refractivity contribution in [3.63, 3.8) is 0 Å². The first-order chi connectivity index (χ1) is 7.22. The highest BCUT2D eigenvalue weighted by atomic mass is 16.4. The lowest BCUT2D eigenvalue weighted by Crippen LogP contribution is -2.10. The Morgan fingerprint density at radius 3 is 3.07 bits per heavy atom. The monoisotopic (exact) mass is 205 g/mol. The molecule has 4 nitrogen and oxygen atoms in total. The highest BCUT2D eigenvalue weighted by molar-refractivity contribution is 5.79. The van der Waals surface area contributed by atoms with E-state index in [1.165, 1.54) is 6.39 Å². The first-order valence-electron chi connectivity index (χ1n) is 4.78. The van der Waals surface area contributed by atoms with Gasteiger partial charge in [0.15, 0.2) is 12.0 Å². The number of hydrogen-bond acceptors (Lipinski definition) is 3. The molecule has 0 bridgehead atoms. The van der Waals surface area contributed by atoms with Crippen LogP contribution < -0.4 is 0 Å². The van der Waals surface area contributed by atoms with Crippen LogP contribution in [0.5, 0.6) is 0 Å². The van der Waals surface area contributed by atoms with Gasteiger partial charge in [-0.1, -0.05) is 13.0 Å². The van der Waals surface area contributed by atoms with Crippen LogP contribution in [0.3, 0.4) is 0 Å². The van der Waals surface area contributed by atoms with Crippen LogP contribution in [0.2, 0.25) is 0 Å². The van der Waals surface area contributed by atoms with E-state index in [0.29, 0.717) is 17.5 Å². The Kier molecular flexibility index (Phi) is 2.41. The second-order valence-electron chi connectivity index (χ2n) is 3.38. The van der Waals surface area contributed by atoms with Gasteiger partial charge in [-0.3, -0.25) is 4.79 Å². The summed E-state index contributed by atoms with van der Waals surface area (Å²) in [4.78, 5) is 15.0. The minimum Gasteiger partial charge on any atom is -0.481 e. The van der Waals surface area contributed by atoms with E-state index in [2.05, 4.69) is 4.98 Å². The van der Waals surface area contributed by atoms with Gasteiger partial charge >= 0.3 is 5.97 Å². The molecule has 78 valence electrons. The molecule has 1 aromatic carbocycles. The van der Waals surface area contributed by atoms with Crippen LogP contribution in [0.25, 0.3) is 11.1 Å². The molecule has 0 aliphatic rings. The Bertz CT molecular complexity index is 489. The number of carboxylic acids is 1. The summed E-state index contributed by atoms with van der Waals surface area (Å²) in [5, 5.41) is 9.01. The minimum atomic E-state index is -0.805. The van der Waals surface area contributed by atoms with E-state index < -0.39 is 11.9 Å². The van der Waals surface area contributed by atoms with Gasteiger partial charge in [0, 0.05) is 0 Å². The number of aromatic nitrogens is 1. The summed E-state index contributed by atoms with van der Waals surface area (Å²) in [6.07, 6.45) is 1.93. The van der Waals surface area contributed by atoms with Crippen molar-refractivity contribution in [3.8, 4) is 0 Å². The molecule has 15 heavy (non-hydrogen) atoms. The fourth-order valence-corrected chi connectivity index (χ4v) is 1.64. The number of carboxylic acid groups (broad SMARTS) is 1. The Morgan fingerprint density at radius 2 is 2.40 bits per heavy atom. The number of carbonyl (C=O) groups is 1. The van der Waals surface area contributed by atoms with Gasteiger partial charge in [0.2, 0.25) is 0 Å². The number of nitrogens with zero attached hydrogens (tertiary/aromatic N) is 1. The lowest BCUT2D eigenvalue weighted by atomic mass is 9.96. The molecule has 1 unspecified atom stereocenters. The Labute approximate surface area is 86.5 Å². The van der Waals surface area contributed by atoms with Crippen molar-refractivity contribution >= 4 is 17.1 Å². The maximum atomic E-state index is 11.0. The SMILES string of the molecule is CCC(C(=O)O)c1ccc2ocnc2c1. The van der Waals surface area contributed by atoms with E-state index in [0.717, 1.165) is 5.56 Å². The van der Waals surface area contributed by atoms with E-state index in [1.54, 1.807) is 18.2 Å². The summed E-state index contributed by atoms with van der Waals surface area (Å²) in [5.74, 6) is -1.27. The number of oxazole rings is 1. The quantitative estimate of drug-likeness (QED) is 0.835. The first-order valence-corrected chi connectivity index (χ1v) is 4.78. The number of rotatable bonds is 3. The van der Waals surface area contributed by atoms with Gasteiger partial charge in [-0.25, -0.2) is 4.98 Å². The molecule has 0 amide bonds. The molecule has 0 aliphatic carbocycles. The molecule has 1 N–H and O–H groups in total. The summed E-state index contributed by atoms with van der Waals surface area (Å²) in [6.45, 7) is 1.85. The summed E-state index contributed by atoms with van der Waals surface area (Å²) < 4.78 is 5.09. The van der Waals surface area contributed by atoms with Crippen molar-refractivity contribution in [1.29, 1.82) is 0 Å². The summed E-state index contributed by atoms with van der Waals surface area (Å²) in [6, 6.07) is 5.29. The summed E-state index contributed by atoms with van der Waals surface area (Å²) >= 11 is 0. The minimum absolute atomic E-state index is 0.467. The molecule has 2 rings (SSSR count). The maximum Gasteiger partial charge on any atom is 0.310 e. The zero-order valence-electron chi connectivity index (χ0n) is 8.30. The zero-order valence-corrected chi connectivity index (χ0v) is 8.30. The average molecular weight is 205 g/mol. The fraction of sp³-hybridized carbons (Fsp3) is 0.273. The fourth-order valence-electron chi connectivity index (χ4n) is 1.64. The van der Waals surface area contributed by atoms with Gasteiger partial charge in [0.25, 0.3) is 0 Å². The van der Waals surface area contributed by atoms with Gasteiger partial charge in [0.1, 0.15) is 5.52 Å². The average Bonchev–Trinajstić information content (AvgIpc) is 2.65. The molecule has 2 aromatic rings. The Morgan fingerprint density at radius 1 is 1.60 bits per heavy atom. The van der Waals surface area contributed by atoms with Gasteiger partial charge in [-0.15, -0.1) is 0 Å². The molecular formula is C11H11NO3. The van der Waals surface area contributed by atoms with E-state index in [1.807, 2.05) is 6.92 Å². The molecule has 0 radical (unpaired) electrons. The summed E-state index contributed by atoms with van der Waals surface area (Å²) in [7, 11) is 0. The van der Waals surface area contributed by atoms with Crippen LogP contribution in [0.1, 0.15) is 24.8 Å². The lowest BCUT2D eigenvalue weighted by Gasteiger charge is -2.09. The van der Waals surface area contributed by atoms with Crippen LogP contribution in [-0.4, -0.2) is 16.1 Å². The highest BCUT2D eigenvalue weighted by Gasteiger charge is 2.18. The normalized spacial score (nSPS) is 12.9. The van der Waals surface area contributed by atoms with E-state index in [-0.39, 0.29) is 0 Å². The van der Waals surface area contributed by atoms with Crippen molar-refractivity contribution in [1.82, 2.24) is 4.98 Å². The third-order valence-corrected chi connectivity index (χ3v) is 2.46. The molecular weight excluding hydrogens is 194 g/mol. The second-order valence-corrected chi connectivity index (χ2v) is 3.38. The molecule has 0 spiro atoms. The van der Waals surface area contributed by atoms with Crippen molar-refractivity contribution < 1.29 is 14.3 Å². The first kappa shape index (κ1) is 9.71. The molecule has 0 aliphatic heterocycles. The van der Waals surface area contributed by atoms with Gasteiger partial charge < -0.3 is 9.52 Å². The number of aliphatic carboxylic acids is 1. The molecule has 1 heterocycles. The van der Waals surface area contributed by atoms with Crippen molar-refractivity contribution in [3.05, 3.63) is 30.2 Å². The van der Waals surface area contributed by atoms with E-state index in [9.17, 15) is 4.79 Å². The van der Waals surface area contributed by atoms with Gasteiger partial charge in [-0.05, 0) is 24.1 Å². The zero-order chi connectivity index (χ0) is 10.8. The van der Waals surface area contributed by atoms with Crippen LogP contribution in [0, 0.1) is 0 Å². The van der Waals surface area contributed by atoms with Crippen LogP contribution in [0.4, 0.5) is 0 Å². The van der Waals surface area contributed by atoms with E-state index >= 15 is 0 Å². The Balaban J connectivity index is 2.46. The van der Waals surface area contributed by atoms with Gasteiger partial charge in [0.05, 0.1) is 5.92 Å². The third-order valence-electron chi connectivity index (χ3n) is 2.46.